The molecule has 1 aliphatic heterocycles. The first kappa shape index (κ1) is 19.1. The van der Waals surface area contributed by atoms with E-state index in [2.05, 4.69) is 58.0 Å². The number of rotatable bonds is 4. The third-order valence-corrected chi connectivity index (χ3v) is 5.77. The molecule has 2 aromatic heterocycles. The van der Waals surface area contributed by atoms with Crippen molar-refractivity contribution in [1.29, 1.82) is 0 Å². The second-order valence-electron chi connectivity index (χ2n) is 8.89. The van der Waals surface area contributed by atoms with Gasteiger partial charge in [-0.1, -0.05) is 20.8 Å². The van der Waals surface area contributed by atoms with Crippen LogP contribution in [0.3, 0.4) is 0 Å². The molecule has 0 bridgehead atoms. The SMILES string of the molecule is CC(C)(C)c1ccc(N2CCN(CCn3nc4c(cc3=O)CCC4)CC2)nn1. The fourth-order valence-corrected chi connectivity index (χ4v) is 3.93. The van der Waals surface area contributed by atoms with Crippen molar-refractivity contribution in [2.24, 2.45) is 0 Å². The molecule has 0 N–H and O–H groups in total. The predicted molar refractivity (Wildman–Crippen MR) is 110 cm³/mol. The highest BCUT2D eigenvalue weighted by Crippen LogP contribution is 2.21. The maximum Gasteiger partial charge on any atom is 0.267 e. The Morgan fingerprint density at radius 3 is 2.46 bits per heavy atom. The van der Waals surface area contributed by atoms with Gasteiger partial charge in [0.1, 0.15) is 0 Å². The average molecular weight is 383 g/mol. The molecule has 2 aromatic rings. The van der Waals surface area contributed by atoms with Crippen LogP contribution in [0.25, 0.3) is 0 Å². The van der Waals surface area contributed by atoms with Crippen molar-refractivity contribution in [3.8, 4) is 0 Å². The van der Waals surface area contributed by atoms with Crippen molar-refractivity contribution >= 4 is 5.82 Å². The van der Waals surface area contributed by atoms with Crippen molar-refractivity contribution in [1.82, 2.24) is 24.9 Å². The lowest BCUT2D eigenvalue weighted by Crippen LogP contribution is -2.48. The summed E-state index contributed by atoms with van der Waals surface area (Å²) in [4.78, 5) is 16.9. The fourth-order valence-electron chi connectivity index (χ4n) is 3.93. The highest BCUT2D eigenvalue weighted by atomic mass is 16.1. The molecule has 7 heteroatoms. The minimum Gasteiger partial charge on any atom is -0.353 e. The summed E-state index contributed by atoms with van der Waals surface area (Å²) in [7, 11) is 0. The van der Waals surface area contributed by atoms with Gasteiger partial charge in [0.25, 0.3) is 5.56 Å². The lowest BCUT2D eigenvalue weighted by Gasteiger charge is -2.35. The zero-order valence-corrected chi connectivity index (χ0v) is 17.2. The molecular formula is C21H30N6O. The molecule has 4 rings (SSSR count). The van der Waals surface area contributed by atoms with Crippen LogP contribution >= 0.6 is 0 Å². The van der Waals surface area contributed by atoms with Gasteiger partial charge in [-0.3, -0.25) is 9.69 Å². The molecule has 0 amide bonds. The second-order valence-corrected chi connectivity index (χ2v) is 8.89. The van der Waals surface area contributed by atoms with Gasteiger partial charge in [0, 0.05) is 44.2 Å². The van der Waals surface area contributed by atoms with E-state index < -0.39 is 0 Å². The Kier molecular flexibility index (Phi) is 5.19. The van der Waals surface area contributed by atoms with Gasteiger partial charge in [-0.2, -0.15) is 10.2 Å². The van der Waals surface area contributed by atoms with E-state index in [0.29, 0.717) is 6.54 Å². The Bertz CT molecular complexity index is 875. The summed E-state index contributed by atoms with van der Waals surface area (Å²) >= 11 is 0. The lowest BCUT2D eigenvalue weighted by molar-refractivity contribution is 0.242. The maximum absolute atomic E-state index is 12.2. The zero-order chi connectivity index (χ0) is 19.7. The van der Waals surface area contributed by atoms with E-state index in [1.165, 1.54) is 0 Å². The van der Waals surface area contributed by atoms with Crippen molar-refractivity contribution in [3.63, 3.8) is 0 Å². The van der Waals surface area contributed by atoms with Gasteiger partial charge in [0.05, 0.1) is 17.9 Å². The molecule has 7 nitrogen and oxygen atoms in total. The molecule has 3 heterocycles. The molecule has 0 spiro atoms. The molecule has 0 aromatic carbocycles. The minimum atomic E-state index is 0.0217. The van der Waals surface area contributed by atoms with E-state index in [4.69, 9.17) is 0 Å². The van der Waals surface area contributed by atoms with Crippen molar-refractivity contribution < 1.29 is 0 Å². The number of hydrogen-bond donors (Lipinski definition) is 0. The number of anilines is 1. The van der Waals surface area contributed by atoms with Gasteiger partial charge >= 0.3 is 0 Å². The molecule has 0 atom stereocenters. The molecule has 1 saturated heterocycles. The molecule has 0 unspecified atom stereocenters. The first-order chi connectivity index (χ1) is 13.4. The van der Waals surface area contributed by atoms with Crippen LogP contribution in [0.15, 0.2) is 23.0 Å². The fraction of sp³-hybridized carbons (Fsp3) is 0.619. The van der Waals surface area contributed by atoms with Crippen LogP contribution in [0, 0.1) is 0 Å². The largest absolute Gasteiger partial charge is 0.353 e. The topological polar surface area (TPSA) is 67.2 Å². The number of nitrogens with zero attached hydrogens (tertiary/aromatic N) is 6. The van der Waals surface area contributed by atoms with Gasteiger partial charge in [0.15, 0.2) is 5.82 Å². The Labute approximate surface area is 166 Å². The lowest BCUT2D eigenvalue weighted by atomic mass is 9.92. The normalized spacial score (nSPS) is 17.8. The Hall–Kier alpha value is -2.28. The first-order valence-corrected chi connectivity index (χ1v) is 10.3. The van der Waals surface area contributed by atoms with Crippen LogP contribution in [0.1, 0.15) is 44.1 Å². The molecule has 0 saturated carbocycles. The van der Waals surface area contributed by atoms with E-state index in [0.717, 1.165) is 74.8 Å². The molecule has 2 aliphatic rings. The van der Waals surface area contributed by atoms with Crippen LogP contribution in [0.5, 0.6) is 0 Å². The zero-order valence-electron chi connectivity index (χ0n) is 17.2. The van der Waals surface area contributed by atoms with Crippen LogP contribution in [-0.4, -0.2) is 57.6 Å². The Balaban J connectivity index is 1.31. The van der Waals surface area contributed by atoms with Crippen LogP contribution in [-0.2, 0) is 24.8 Å². The smallest absolute Gasteiger partial charge is 0.267 e. The van der Waals surface area contributed by atoms with Crippen LogP contribution < -0.4 is 10.5 Å². The van der Waals surface area contributed by atoms with Crippen molar-refractivity contribution in [2.45, 2.75) is 52.0 Å². The predicted octanol–water partition coefficient (Wildman–Crippen LogP) is 1.64. The minimum absolute atomic E-state index is 0.0217. The number of hydrogen-bond acceptors (Lipinski definition) is 6. The Morgan fingerprint density at radius 2 is 1.79 bits per heavy atom. The van der Waals surface area contributed by atoms with E-state index in [1.54, 1.807) is 10.7 Å². The van der Waals surface area contributed by atoms with Gasteiger partial charge in [0.2, 0.25) is 0 Å². The monoisotopic (exact) mass is 382 g/mol. The number of fused-ring (bicyclic) bond motifs is 1. The van der Waals surface area contributed by atoms with Crippen LogP contribution in [0.4, 0.5) is 5.82 Å². The number of aryl methyl sites for hydroxylation is 2. The van der Waals surface area contributed by atoms with E-state index in [1.807, 2.05) is 0 Å². The maximum atomic E-state index is 12.2. The van der Waals surface area contributed by atoms with Crippen molar-refractivity contribution in [3.05, 3.63) is 45.5 Å². The standard InChI is InChI=1S/C21H30N6O/c1-21(2,3)18-7-8-19(23-22-18)26-12-9-25(10-13-26)11-14-27-20(28)15-16-5-4-6-17(16)24-27/h7-8,15H,4-6,9-14H2,1-3H3. The van der Waals surface area contributed by atoms with E-state index >= 15 is 0 Å². The summed E-state index contributed by atoms with van der Waals surface area (Å²) in [5.74, 6) is 0.948. The quantitative estimate of drug-likeness (QED) is 0.801. The highest BCUT2D eigenvalue weighted by Gasteiger charge is 2.21. The summed E-state index contributed by atoms with van der Waals surface area (Å²) in [6.45, 7) is 11.7. The summed E-state index contributed by atoms with van der Waals surface area (Å²) in [6.07, 6.45) is 3.12. The molecule has 150 valence electrons. The summed E-state index contributed by atoms with van der Waals surface area (Å²) in [5, 5.41) is 13.4. The van der Waals surface area contributed by atoms with Gasteiger partial charge < -0.3 is 4.90 Å². The molecule has 1 aliphatic carbocycles. The molecule has 1 fully saturated rings. The van der Waals surface area contributed by atoms with Gasteiger partial charge in [-0.25, -0.2) is 4.68 Å². The van der Waals surface area contributed by atoms with E-state index in [-0.39, 0.29) is 11.0 Å². The van der Waals surface area contributed by atoms with Crippen LogP contribution in [0.2, 0.25) is 0 Å². The van der Waals surface area contributed by atoms with E-state index in [9.17, 15) is 4.79 Å². The second kappa shape index (κ2) is 7.62. The first-order valence-electron chi connectivity index (χ1n) is 10.3. The Morgan fingerprint density at radius 1 is 1.00 bits per heavy atom. The molecular weight excluding hydrogens is 352 g/mol. The summed E-state index contributed by atoms with van der Waals surface area (Å²) < 4.78 is 1.65. The van der Waals surface area contributed by atoms with Gasteiger partial charge in [-0.15, -0.1) is 5.10 Å². The summed E-state index contributed by atoms with van der Waals surface area (Å²) in [6, 6.07) is 5.95. The third kappa shape index (κ3) is 4.09. The molecule has 0 radical (unpaired) electrons. The number of aromatic nitrogens is 4. The third-order valence-electron chi connectivity index (χ3n) is 5.77. The average Bonchev–Trinajstić information content (AvgIpc) is 3.13. The summed E-state index contributed by atoms with van der Waals surface area (Å²) in [5.41, 5.74) is 3.33. The van der Waals surface area contributed by atoms with Gasteiger partial charge in [-0.05, 0) is 37.0 Å². The van der Waals surface area contributed by atoms with Crippen molar-refractivity contribution in [2.75, 3.05) is 37.6 Å². The highest BCUT2D eigenvalue weighted by molar-refractivity contribution is 5.38. The number of piperazine rings is 1. The molecule has 28 heavy (non-hydrogen) atoms.